The number of hydrogen-bond acceptors (Lipinski definition) is 4. The zero-order valence-electron chi connectivity index (χ0n) is 10.3. The van der Waals surface area contributed by atoms with Crippen molar-refractivity contribution in [1.29, 1.82) is 5.26 Å². The number of hydrogen-bond donors (Lipinski definition) is 1. The lowest BCUT2D eigenvalue weighted by molar-refractivity contribution is 0.628. The number of anilines is 1. The molecule has 3 rings (SSSR count). The van der Waals surface area contributed by atoms with E-state index in [9.17, 15) is 9.65 Å². The molecule has 0 unspecified atom stereocenters. The van der Waals surface area contributed by atoms with Gasteiger partial charge in [-0.2, -0.15) is 5.26 Å². The van der Waals surface area contributed by atoms with Crippen molar-refractivity contribution in [1.82, 2.24) is 9.97 Å². The van der Waals surface area contributed by atoms with Crippen LogP contribution in [0.15, 0.2) is 42.7 Å². The van der Waals surface area contributed by atoms with Gasteiger partial charge in [-0.15, -0.1) is 0 Å². The first-order chi connectivity index (χ1) is 9.69. The van der Waals surface area contributed by atoms with Crippen molar-refractivity contribution in [2.45, 2.75) is 0 Å². The lowest BCUT2D eigenvalue weighted by Crippen LogP contribution is -1.95. The zero-order chi connectivity index (χ0) is 14.1. The van der Waals surface area contributed by atoms with Gasteiger partial charge in [-0.25, -0.2) is 14.4 Å². The Morgan fingerprint density at radius 2 is 1.95 bits per heavy atom. The molecule has 0 aliphatic rings. The molecule has 0 saturated carbocycles. The molecule has 1 heterocycles. The Labute approximate surface area is 114 Å². The van der Waals surface area contributed by atoms with Crippen LogP contribution in [0.25, 0.3) is 22.0 Å². The molecule has 0 bridgehead atoms. The third-order valence-electron chi connectivity index (χ3n) is 3.05. The first kappa shape index (κ1) is 12.1. The van der Waals surface area contributed by atoms with Crippen molar-refractivity contribution in [3.63, 3.8) is 0 Å². The Hall–Kier alpha value is -3.00. The monoisotopic (exact) mass is 264 g/mol. The normalized spacial score (nSPS) is 10.4. The summed E-state index contributed by atoms with van der Waals surface area (Å²) in [7, 11) is 0. The van der Waals surface area contributed by atoms with Crippen LogP contribution in [0.1, 0.15) is 5.56 Å². The molecule has 0 saturated heterocycles. The minimum atomic E-state index is -0.335. The number of aromatic nitrogens is 2. The maximum atomic E-state index is 13.3. The Kier molecular flexibility index (Phi) is 2.77. The van der Waals surface area contributed by atoms with Crippen LogP contribution in [0.3, 0.4) is 0 Å². The van der Waals surface area contributed by atoms with Crippen LogP contribution in [0.2, 0.25) is 0 Å². The lowest BCUT2D eigenvalue weighted by Gasteiger charge is -2.07. The molecule has 4 nitrogen and oxygen atoms in total. The highest BCUT2D eigenvalue weighted by Gasteiger charge is 2.10. The summed E-state index contributed by atoms with van der Waals surface area (Å²) in [4.78, 5) is 8.00. The van der Waals surface area contributed by atoms with Crippen molar-refractivity contribution in [3.05, 3.63) is 54.1 Å². The second-order valence-corrected chi connectivity index (χ2v) is 4.30. The molecule has 0 amide bonds. The average molecular weight is 264 g/mol. The third kappa shape index (κ3) is 1.93. The molecule has 0 aliphatic carbocycles. The maximum absolute atomic E-state index is 13.3. The topological polar surface area (TPSA) is 75.6 Å². The van der Waals surface area contributed by atoms with E-state index in [2.05, 4.69) is 16.0 Å². The van der Waals surface area contributed by atoms with Crippen molar-refractivity contribution < 1.29 is 4.39 Å². The van der Waals surface area contributed by atoms with Crippen molar-refractivity contribution in [2.75, 3.05) is 5.73 Å². The molecule has 96 valence electrons. The summed E-state index contributed by atoms with van der Waals surface area (Å²) in [6.45, 7) is 0. The highest BCUT2D eigenvalue weighted by atomic mass is 19.1. The zero-order valence-corrected chi connectivity index (χ0v) is 10.3. The highest BCUT2D eigenvalue weighted by Crippen LogP contribution is 2.28. The van der Waals surface area contributed by atoms with Gasteiger partial charge in [-0.1, -0.05) is 12.1 Å². The summed E-state index contributed by atoms with van der Waals surface area (Å²) >= 11 is 0. The van der Waals surface area contributed by atoms with E-state index in [4.69, 9.17) is 5.73 Å². The van der Waals surface area contributed by atoms with Crippen molar-refractivity contribution in [3.8, 4) is 17.2 Å². The largest absolute Gasteiger partial charge is 0.383 e. The summed E-state index contributed by atoms with van der Waals surface area (Å²) in [5.74, 6) is -0.0388. The van der Waals surface area contributed by atoms with Crippen LogP contribution in [-0.2, 0) is 0 Å². The Bertz CT molecular complexity index is 852. The predicted octanol–water partition coefficient (Wildman–Crippen LogP) is 2.89. The SMILES string of the molecule is N#Cc1cc(-c2cccc(F)c2)cc2c(N)ncnc12. The molecular weight excluding hydrogens is 255 g/mol. The summed E-state index contributed by atoms with van der Waals surface area (Å²) in [5, 5.41) is 9.82. The summed E-state index contributed by atoms with van der Waals surface area (Å²) in [6, 6.07) is 11.7. The van der Waals surface area contributed by atoms with Crippen LogP contribution < -0.4 is 5.73 Å². The van der Waals surface area contributed by atoms with E-state index in [-0.39, 0.29) is 5.82 Å². The first-order valence-electron chi connectivity index (χ1n) is 5.89. The van der Waals surface area contributed by atoms with Crippen LogP contribution in [0, 0.1) is 17.1 Å². The average Bonchev–Trinajstić information content (AvgIpc) is 2.47. The fraction of sp³-hybridized carbons (Fsp3) is 0. The van der Waals surface area contributed by atoms with E-state index in [0.29, 0.717) is 33.4 Å². The van der Waals surface area contributed by atoms with E-state index in [0.717, 1.165) is 0 Å². The fourth-order valence-corrected chi connectivity index (χ4v) is 2.11. The minimum absolute atomic E-state index is 0.296. The summed E-state index contributed by atoms with van der Waals surface area (Å²) < 4.78 is 13.3. The van der Waals surface area contributed by atoms with Crippen LogP contribution in [-0.4, -0.2) is 9.97 Å². The van der Waals surface area contributed by atoms with Crippen molar-refractivity contribution in [2.24, 2.45) is 0 Å². The maximum Gasteiger partial charge on any atom is 0.134 e. The number of fused-ring (bicyclic) bond motifs is 1. The molecule has 2 aromatic carbocycles. The fourth-order valence-electron chi connectivity index (χ4n) is 2.11. The van der Waals surface area contributed by atoms with E-state index in [1.807, 2.05) is 0 Å². The van der Waals surface area contributed by atoms with Gasteiger partial charge in [0.05, 0.1) is 11.1 Å². The smallest absolute Gasteiger partial charge is 0.134 e. The number of rotatable bonds is 1. The molecule has 0 atom stereocenters. The molecule has 0 radical (unpaired) electrons. The lowest BCUT2D eigenvalue weighted by atomic mass is 10.00. The van der Waals surface area contributed by atoms with Crippen LogP contribution in [0.5, 0.6) is 0 Å². The van der Waals surface area contributed by atoms with E-state index in [1.54, 1.807) is 24.3 Å². The molecule has 0 aliphatic heterocycles. The first-order valence-corrected chi connectivity index (χ1v) is 5.89. The molecule has 2 N–H and O–H groups in total. The van der Waals surface area contributed by atoms with Crippen molar-refractivity contribution >= 4 is 16.7 Å². The second kappa shape index (κ2) is 4.59. The van der Waals surface area contributed by atoms with E-state index < -0.39 is 0 Å². The molecule has 0 fully saturated rings. The van der Waals surface area contributed by atoms with Gasteiger partial charge in [-0.3, -0.25) is 0 Å². The van der Waals surface area contributed by atoms with Gasteiger partial charge in [0.1, 0.15) is 24.0 Å². The Balaban J connectivity index is 2.33. The van der Waals surface area contributed by atoms with E-state index in [1.165, 1.54) is 18.5 Å². The van der Waals surface area contributed by atoms with Crippen LogP contribution >= 0.6 is 0 Å². The standard InChI is InChI=1S/C15H9FN4/c16-12-3-1-2-9(5-12)10-4-11(7-17)14-13(6-10)15(18)20-8-19-14/h1-6,8H,(H2,18,19,20). The highest BCUT2D eigenvalue weighted by molar-refractivity contribution is 5.95. The van der Waals surface area contributed by atoms with Gasteiger partial charge in [-0.05, 0) is 35.4 Å². The molecular formula is C15H9FN4. The predicted molar refractivity (Wildman–Crippen MR) is 74.1 cm³/mol. The van der Waals surface area contributed by atoms with Gasteiger partial charge >= 0.3 is 0 Å². The quantitative estimate of drug-likeness (QED) is 0.733. The number of benzene rings is 2. The van der Waals surface area contributed by atoms with Crippen LogP contribution in [0.4, 0.5) is 10.2 Å². The summed E-state index contributed by atoms with van der Waals surface area (Å²) in [5.41, 5.74) is 8.08. The summed E-state index contributed by atoms with van der Waals surface area (Å²) in [6.07, 6.45) is 1.32. The van der Waals surface area contributed by atoms with Gasteiger partial charge in [0, 0.05) is 5.39 Å². The minimum Gasteiger partial charge on any atom is -0.383 e. The number of halogens is 1. The number of nitrogens with two attached hydrogens (primary N) is 1. The molecule has 20 heavy (non-hydrogen) atoms. The second-order valence-electron chi connectivity index (χ2n) is 4.30. The Morgan fingerprint density at radius 1 is 1.10 bits per heavy atom. The molecule has 5 heteroatoms. The Morgan fingerprint density at radius 3 is 2.70 bits per heavy atom. The number of nitrogen functional groups attached to an aromatic ring is 1. The molecule has 1 aromatic heterocycles. The molecule has 0 spiro atoms. The van der Waals surface area contributed by atoms with Gasteiger partial charge in [0.25, 0.3) is 0 Å². The number of nitriles is 1. The number of nitrogens with zero attached hydrogens (tertiary/aromatic N) is 3. The van der Waals surface area contributed by atoms with Gasteiger partial charge in [0.15, 0.2) is 0 Å². The van der Waals surface area contributed by atoms with Gasteiger partial charge < -0.3 is 5.73 Å². The van der Waals surface area contributed by atoms with E-state index >= 15 is 0 Å². The molecule has 3 aromatic rings. The van der Waals surface area contributed by atoms with Gasteiger partial charge in [0.2, 0.25) is 0 Å². The third-order valence-corrected chi connectivity index (χ3v) is 3.05.